The Morgan fingerprint density at radius 3 is 3.14 bits per heavy atom. The van der Waals surface area contributed by atoms with Crippen LogP contribution < -0.4 is 0 Å². The Balaban J connectivity index is 2.40. The summed E-state index contributed by atoms with van der Waals surface area (Å²) in [4.78, 5) is 2.45. The van der Waals surface area contributed by atoms with E-state index in [1.54, 1.807) is 7.11 Å². The molecule has 0 spiro atoms. The van der Waals surface area contributed by atoms with Crippen LogP contribution in [0, 0.1) is 0 Å². The molecule has 3 heteroatoms. The molecule has 1 aliphatic heterocycles. The first kappa shape index (κ1) is 12.0. The summed E-state index contributed by atoms with van der Waals surface area (Å²) < 4.78 is 6.59. The molecule has 0 saturated carbocycles. The van der Waals surface area contributed by atoms with E-state index in [4.69, 9.17) is 4.74 Å². The van der Waals surface area contributed by atoms with Crippen molar-refractivity contribution in [2.24, 2.45) is 0 Å². The standard InChI is InChI=1S/C11H19NOSe/c1-3-4-7-11(14)12-8-5-6-10(12)9-13-2/h3,10H,1,4-9H2,2H3/t10-/m1/s1. The first-order chi connectivity index (χ1) is 6.79. The third-order valence-corrected chi connectivity index (χ3v) is 3.54. The fraction of sp³-hybridized carbons (Fsp3) is 0.727. The van der Waals surface area contributed by atoms with Gasteiger partial charge in [-0.05, 0) is 0 Å². The third-order valence-electron chi connectivity index (χ3n) is 2.62. The summed E-state index contributed by atoms with van der Waals surface area (Å²) in [5, 5.41) is 0. The molecule has 0 bridgehead atoms. The number of hydrogen-bond acceptors (Lipinski definition) is 2. The van der Waals surface area contributed by atoms with Crippen molar-refractivity contribution in [1.29, 1.82) is 0 Å². The second kappa shape index (κ2) is 6.39. The second-order valence-electron chi connectivity index (χ2n) is 3.67. The van der Waals surface area contributed by atoms with Crippen molar-refractivity contribution in [1.82, 2.24) is 4.90 Å². The number of hydrogen-bond donors (Lipinski definition) is 0. The molecule has 0 N–H and O–H groups in total. The van der Waals surface area contributed by atoms with Crippen LogP contribution in [0.3, 0.4) is 0 Å². The molecule has 1 fully saturated rings. The van der Waals surface area contributed by atoms with E-state index in [0.29, 0.717) is 6.04 Å². The molecule has 0 amide bonds. The van der Waals surface area contributed by atoms with Crippen LogP contribution in [-0.2, 0) is 4.74 Å². The van der Waals surface area contributed by atoms with Crippen LogP contribution in [0.5, 0.6) is 0 Å². The summed E-state index contributed by atoms with van der Waals surface area (Å²) in [7, 11) is 1.78. The first-order valence-electron chi connectivity index (χ1n) is 5.19. The van der Waals surface area contributed by atoms with Gasteiger partial charge in [0.15, 0.2) is 0 Å². The first-order valence-corrected chi connectivity index (χ1v) is 6.04. The Morgan fingerprint density at radius 1 is 1.71 bits per heavy atom. The fourth-order valence-electron chi connectivity index (χ4n) is 1.90. The van der Waals surface area contributed by atoms with E-state index in [9.17, 15) is 0 Å². The average Bonchev–Trinajstić information content (AvgIpc) is 2.63. The van der Waals surface area contributed by atoms with E-state index in [-0.39, 0.29) is 0 Å². The summed E-state index contributed by atoms with van der Waals surface area (Å²) in [5.41, 5.74) is 0. The SMILES string of the molecule is C=CCCC(=[Se])N1CCC[C@@H]1COC. The number of ether oxygens (including phenoxy) is 1. The van der Waals surface area contributed by atoms with Gasteiger partial charge in [-0.15, -0.1) is 0 Å². The maximum atomic E-state index is 5.22. The van der Waals surface area contributed by atoms with Crippen molar-refractivity contribution in [3.8, 4) is 0 Å². The predicted molar refractivity (Wildman–Crippen MR) is 61.8 cm³/mol. The third kappa shape index (κ3) is 3.23. The molecule has 2 nitrogen and oxygen atoms in total. The van der Waals surface area contributed by atoms with Crippen molar-refractivity contribution in [2.75, 3.05) is 20.3 Å². The molecule has 1 saturated heterocycles. The Hall–Kier alpha value is -0.111. The minimum absolute atomic E-state index is 0.584. The van der Waals surface area contributed by atoms with Crippen molar-refractivity contribution in [3.63, 3.8) is 0 Å². The summed E-state index contributed by atoms with van der Waals surface area (Å²) >= 11 is 3.18. The Bertz CT molecular complexity index is 205. The summed E-state index contributed by atoms with van der Waals surface area (Å²) in [5.74, 6) is 0. The van der Waals surface area contributed by atoms with E-state index in [0.717, 1.165) is 19.4 Å². The molecule has 0 aromatic carbocycles. The van der Waals surface area contributed by atoms with Crippen molar-refractivity contribution in [2.45, 2.75) is 31.7 Å². The van der Waals surface area contributed by atoms with Crippen LogP contribution in [0.2, 0.25) is 0 Å². The monoisotopic (exact) mass is 261 g/mol. The van der Waals surface area contributed by atoms with E-state index in [2.05, 4.69) is 27.1 Å². The molecule has 0 aromatic rings. The van der Waals surface area contributed by atoms with Gasteiger partial charge in [-0.3, -0.25) is 0 Å². The van der Waals surface area contributed by atoms with E-state index < -0.39 is 0 Å². The fourth-order valence-corrected chi connectivity index (χ4v) is 2.65. The number of allylic oxidation sites excluding steroid dienone is 1. The predicted octanol–water partition coefficient (Wildman–Crippen LogP) is 1.36. The zero-order valence-corrected chi connectivity index (χ0v) is 10.6. The number of nitrogens with zero attached hydrogens (tertiary/aromatic N) is 1. The summed E-state index contributed by atoms with van der Waals surface area (Å²) in [6.07, 6.45) is 6.65. The molecule has 1 rings (SSSR count). The average molecular weight is 260 g/mol. The number of likely N-dealkylation sites (tertiary alicyclic amines) is 1. The molecule has 0 unspecified atom stereocenters. The van der Waals surface area contributed by atoms with Crippen LogP contribution in [0.15, 0.2) is 12.7 Å². The van der Waals surface area contributed by atoms with Gasteiger partial charge in [-0.25, -0.2) is 0 Å². The van der Waals surface area contributed by atoms with E-state index >= 15 is 0 Å². The molecular formula is C11H19NOSe. The Kier molecular flexibility index (Phi) is 5.46. The van der Waals surface area contributed by atoms with Crippen LogP contribution >= 0.6 is 0 Å². The van der Waals surface area contributed by atoms with Crippen molar-refractivity contribution < 1.29 is 4.74 Å². The molecule has 1 heterocycles. The van der Waals surface area contributed by atoms with E-state index in [1.807, 2.05) is 6.08 Å². The molecule has 1 atom stereocenters. The normalized spacial score (nSPS) is 21.2. The van der Waals surface area contributed by atoms with Gasteiger partial charge in [-0.2, -0.15) is 0 Å². The van der Waals surface area contributed by atoms with Gasteiger partial charge in [0.1, 0.15) is 0 Å². The molecule has 14 heavy (non-hydrogen) atoms. The Labute approximate surface area is 94.7 Å². The zero-order valence-electron chi connectivity index (χ0n) is 8.87. The number of methoxy groups -OCH3 is 1. The van der Waals surface area contributed by atoms with Crippen molar-refractivity contribution >= 4 is 20.1 Å². The van der Waals surface area contributed by atoms with Gasteiger partial charge in [-0.1, -0.05) is 0 Å². The molecule has 0 aliphatic carbocycles. The van der Waals surface area contributed by atoms with Gasteiger partial charge in [0.05, 0.1) is 0 Å². The molecule has 0 aromatic heterocycles. The summed E-state index contributed by atoms with van der Waals surface area (Å²) in [6.45, 7) is 5.76. The van der Waals surface area contributed by atoms with Gasteiger partial charge in [0, 0.05) is 0 Å². The summed E-state index contributed by atoms with van der Waals surface area (Å²) in [6, 6.07) is 0.584. The van der Waals surface area contributed by atoms with Gasteiger partial charge < -0.3 is 0 Å². The van der Waals surface area contributed by atoms with Crippen LogP contribution in [-0.4, -0.2) is 51.3 Å². The molecular weight excluding hydrogens is 241 g/mol. The van der Waals surface area contributed by atoms with Crippen LogP contribution in [0.25, 0.3) is 0 Å². The topological polar surface area (TPSA) is 12.5 Å². The zero-order chi connectivity index (χ0) is 10.4. The molecule has 0 radical (unpaired) electrons. The van der Waals surface area contributed by atoms with Gasteiger partial charge in [0.2, 0.25) is 0 Å². The minimum atomic E-state index is 0.584. The van der Waals surface area contributed by atoms with Gasteiger partial charge >= 0.3 is 94.4 Å². The van der Waals surface area contributed by atoms with Crippen molar-refractivity contribution in [3.05, 3.63) is 12.7 Å². The molecule has 1 aliphatic rings. The second-order valence-corrected chi connectivity index (χ2v) is 4.65. The maximum absolute atomic E-state index is 5.22. The van der Waals surface area contributed by atoms with Gasteiger partial charge in [0.25, 0.3) is 0 Å². The van der Waals surface area contributed by atoms with Crippen LogP contribution in [0.4, 0.5) is 0 Å². The number of rotatable bonds is 6. The van der Waals surface area contributed by atoms with Crippen LogP contribution in [0.1, 0.15) is 25.7 Å². The molecule has 80 valence electrons. The Morgan fingerprint density at radius 2 is 2.50 bits per heavy atom. The van der Waals surface area contributed by atoms with E-state index in [1.165, 1.54) is 23.9 Å². The quantitative estimate of drug-likeness (QED) is 0.528.